The van der Waals surface area contributed by atoms with E-state index in [0.29, 0.717) is 5.92 Å². The molecule has 1 aromatic rings. The van der Waals surface area contributed by atoms with E-state index in [9.17, 15) is 0 Å². The summed E-state index contributed by atoms with van der Waals surface area (Å²) in [6.07, 6.45) is 5.21. The fourth-order valence-electron chi connectivity index (χ4n) is 3.38. The molecule has 0 saturated heterocycles. The van der Waals surface area contributed by atoms with E-state index in [1.54, 1.807) is 7.11 Å². The Labute approximate surface area is 116 Å². The van der Waals surface area contributed by atoms with Gasteiger partial charge in [-0.25, -0.2) is 0 Å². The highest BCUT2D eigenvalue weighted by atomic mass is 16.5. The van der Waals surface area contributed by atoms with E-state index in [2.05, 4.69) is 31.4 Å². The monoisotopic (exact) mass is 262 g/mol. The van der Waals surface area contributed by atoms with Crippen LogP contribution in [-0.2, 0) is 0 Å². The van der Waals surface area contributed by atoms with Crippen molar-refractivity contribution in [3.05, 3.63) is 29.3 Å². The van der Waals surface area contributed by atoms with Gasteiger partial charge in [-0.2, -0.15) is 0 Å². The number of nitrogens with one attached hydrogen (secondary N) is 1. The van der Waals surface area contributed by atoms with E-state index in [-0.39, 0.29) is 6.04 Å². The molecule has 0 bridgehead atoms. The number of rotatable bonds is 4. The van der Waals surface area contributed by atoms with Crippen LogP contribution >= 0.6 is 0 Å². The van der Waals surface area contributed by atoms with Crippen LogP contribution in [0.15, 0.2) is 18.2 Å². The summed E-state index contributed by atoms with van der Waals surface area (Å²) in [5.41, 5.74) is 5.48. The van der Waals surface area contributed by atoms with Gasteiger partial charge in [-0.1, -0.05) is 31.9 Å². The minimum atomic E-state index is 0.257. The second-order valence-corrected chi connectivity index (χ2v) is 5.91. The van der Waals surface area contributed by atoms with Crippen molar-refractivity contribution in [3.8, 4) is 5.75 Å². The van der Waals surface area contributed by atoms with Crippen molar-refractivity contribution in [3.63, 3.8) is 0 Å². The summed E-state index contributed by atoms with van der Waals surface area (Å²) in [6, 6.07) is 6.63. The maximum absolute atomic E-state index is 5.82. The number of benzene rings is 1. The molecule has 3 atom stereocenters. The largest absolute Gasteiger partial charge is 0.496 e. The third-order valence-electron chi connectivity index (χ3n) is 4.41. The fourth-order valence-corrected chi connectivity index (χ4v) is 3.38. The van der Waals surface area contributed by atoms with Crippen LogP contribution in [0.1, 0.15) is 49.8 Å². The van der Waals surface area contributed by atoms with Crippen LogP contribution < -0.4 is 16.0 Å². The van der Waals surface area contributed by atoms with E-state index in [1.807, 2.05) is 6.07 Å². The topological polar surface area (TPSA) is 47.3 Å². The highest BCUT2D eigenvalue weighted by Crippen LogP contribution is 2.37. The van der Waals surface area contributed by atoms with Crippen molar-refractivity contribution in [2.45, 2.75) is 45.6 Å². The lowest BCUT2D eigenvalue weighted by Gasteiger charge is -2.33. The SMILES string of the molecule is COc1ccc(C(NN)C2CCCC(C)C2)cc1C. The first kappa shape index (κ1) is 14.4. The first-order chi connectivity index (χ1) is 9.15. The summed E-state index contributed by atoms with van der Waals surface area (Å²) in [6.45, 7) is 4.43. The summed E-state index contributed by atoms with van der Waals surface area (Å²) in [7, 11) is 1.71. The summed E-state index contributed by atoms with van der Waals surface area (Å²) in [5.74, 6) is 8.22. The fraction of sp³-hybridized carbons (Fsp3) is 0.625. The number of methoxy groups -OCH3 is 1. The van der Waals surface area contributed by atoms with Gasteiger partial charge in [0.2, 0.25) is 0 Å². The molecule has 1 fully saturated rings. The lowest BCUT2D eigenvalue weighted by Crippen LogP contribution is -2.35. The second kappa shape index (κ2) is 6.40. The zero-order chi connectivity index (χ0) is 13.8. The molecule has 3 N–H and O–H groups in total. The molecule has 3 heteroatoms. The summed E-state index contributed by atoms with van der Waals surface area (Å²) in [4.78, 5) is 0. The molecule has 106 valence electrons. The molecule has 1 aliphatic carbocycles. The van der Waals surface area contributed by atoms with Crippen LogP contribution in [0.3, 0.4) is 0 Å². The maximum Gasteiger partial charge on any atom is 0.121 e. The first-order valence-corrected chi connectivity index (χ1v) is 7.26. The molecule has 3 unspecified atom stereocenters. The van der Waals surface area contributed by atoms with Crippen LogP contribution in [0, 0.1) is 18.8 Å². The van der Waals surface area contributed by atoms with Gasteiger partial charge in [-0.05, 0) is 48.8 Å². The average Bonchev–Trinajstić information content (AvgIpc) is 2.40. The third kappa shape index (κ3) is 3.28. The number of hydrogen-bond donors (Lipinski definition) is 2. The van der Waals surface area contributed by atoms with Gasteiger partial charge < -0.3 is 4.74 Å². The van der Waals surface area contributed by atoms with Crippen LogP contribution in [0.5, 0.6) is 5.75 Å². The minimum absolute atomic E-state index is 0.257. The van der Waals surface area contributed by atoms with Crippen molar-refractivity contribution in [2.75, 3.05) is 7.11 Å². The zero-order valence-corrected chi connectivity index (χ0v) is 12.3. The standard InChI is InChI=1S/C16H26N2O/c1-11-5-4-6-13(9-11)16(18-17)14-7-8-15(19-3)12(2)10-14/h7-8,10-11,13,16,18H,4-6,9,17H2,1-3H3. The molecule has 2 rings (SSSR count). The number of hydrogen-bond acceptors (Lipinski definition) is 3. The van der Waals surface area contributed by atoms with Gasteiger partial charge >= 0.3 is 0 Å². The molecule has 1 saturated carbocycles. The molecule has 3 nitrogen and oxygen atoms in total. The molecular weight excluding hydrogens is 236 g/mol. The Morgan fingerprint density at radius 3 is 2.74 bits per heavy atom. The van der Waals surface area contributed by atoms with Gasteiger partial charge in [0.1, 0.15) is 5.75 Å². The smallest absolute Gasteiger partial charge is 0.121 e. The van der Waals surface area contributed by atoms with Gasteiger partial charge in [0.25, 0.3) is 0 Å². The normalized spacial score (nSPS) is 25.1. The molecule has 0 aliphatic heterocycles. The van der Waals surface area contributed by atoms with Crippen LogP contribution in [0.25, 0.3) is 0 Å². The number of nitrogens with two attached hydrogens (primary N) is 1. The molecule has 0 radical (unpaired) electrons. The van der Waals surface area contributed by atoms with E-state index < -0.39 is 0 Å². The van der Waals surface area contributed by atoms with Crippen molar-refractivity contribution < 1.29 is 4.74 Å². The average molecular weight is 262 g/mol. The minimum Gasteiger partial charge on any atom is -0.496 e. The summed E-state index contributed by atoms with van der Waals surface area (Å²) >= 11 is 0. The summed E-state index contributed by atoms with van der Waals surface area (Å²) in [5, 5.41) is 0. The zero-order valence-electron chi connectivity index (χ0n) is 12.3. The maximum atomic E-state index is 5.82. The molecule has 0 heterocycles. The number of ether oxygens (including phenoxy) is 1. The van der Waals surface area contributed by atoms with Crippen LogP contribution in [0.2, 0.25) is 0 Å². The van der Waals surface area contributed by atoms with Crippen molar-refractivity contribution in [2.24, 2.45) is 17.7 Å². The lowest BCUT2D eigenvalue weighted by molar-refractivity contribution is 0.224. The van der Waals surface area contributed by atoms with Crippen LogP contribution in [0.4, 0.5) is 0 Å². The number of hydrazine groups is 1. The Bertz CT molecular complexity index is 419. The highest BCUT2D eigenvalue weighted by Gasteiger charge is 2.27. The van der Waals surface area contributed by atoms with E-state index in [4.69, 9.17) is 10.6 Å². The predicted octanol–water partition coefficient (Wildman–Crippen LogP) is 3.33. The molecular formula is C16H26N2O. The molecule has 1 aliphatic rings. The van der Waals surface area contributed by atoms with Gasteiger partial charge in [0.15, 0.2) is 0 Å². The van der Waals surface area contributed by atoms with Crippen LogP contribution in [-0.4, -0.2) is 7.11 Å². The first-order valence-electron chi connectivity index (χ1n) is 7.26. The van der Waals surface area contributed by atoms with Gasteiger partial charge in [-0.3, -0.25) is 11.3 Å². The quantitative estimate of drug-likeness (QED) is 0.646. The van der Waals surface area contributed by atoms with E-state index >= 15 is 0 Å². The summed E-state index contributed by atoms with van der Waals surface area (Å²) < 4.78 is 5.32. The lowest BCUT2D eigenvalue weighted by atomic mass is 9.77. The van der Waals surface area contributed by atoms with Gasteiger partial charge in [0, 0.05) is 6.04 Å². The highest BCUT2D eigenvalue weighted by molar-refractivity contribution is 5.37. The Kier molecular flexibility index (Phi) is 4.83. The van der Waals surface area contributed by atoms with Gasteiger partial charge in [0.05, 0.1) is 7.11 Å². The van der Waals surface area contributed by atoms with Crippen molar-refractivity contribution in [1.82, 2.24) is 5.43 Å². The van der Waals surface area contributed by atoms with E-state index in [0.717, 1.165) is 11.7 Å². The molecule has 0 amide bonds. The number of aryl methyl sites for hydroxylation is 1. The van der Waals surface area contributed by atoms with Gasteiger partial charge in [-0.15, -0.1) is 0 Å². The Morgan fingerprint density at radius 2 is 2.16 bits per heavy atom. The molecule has 0 spiro atoms. The van der Waals surface area contributed by atoms with Crippen molar-refractivity contribution in [1.29, 1.82) is 0 Å². The Balaban J connectivity index is 2.19. The second-order valence-electron chi connectivity index (χ2n) is 5.91. The van der Waals surface area contributed by atoms with E-state index in [1.165, 1.54) is 36.8 Å². The molecule has 1 aromatic carbocycles. The third-order valence-corrected chi connectivity index (χ3v) is 4.41. The molecule has 0 aromatic heterocycles. The van der Waals surface area contributed by atoms with Crippen molar-refractivity contribution >= 4 is 0 Å². The molecule has 19 heavy (non-hydrogen) atoms. The predicted molar refractivity (Wildman–Crippen MR) is 78.9 cm³/mol. The Morgan fingerprint density at radius 1 is 1.37 bits per heavy atom. The Hall–Kier alpha value is -1.06.